The highest BCUT2D eigenvalue weighted by atomic mass is 35.5. The number of hydrogen-bond donors (Lipinski definition) is 2. The smallest absolute Gasteiger partial charge is 0.220 e. The molecule has 1 amide bonds. The number of nitrogens with one attached hydrogen (secondary N) is 1. The molecule has 0 saturated heterocycles. The van der Waals surface area contributed by atoms with Gasteiger partial charge < -0.3 is 11.1 Å². The van der Waals surface area contributed by atoms with Crippen LogP contribution < -0.4 is 11.1 Å². The average Bonchev–Trinajstić information content (AvgIpc) is 2.42. The quantitative estimate of drug-likeness (QED) is 0.896. The highest BCUT2D eigenvalue weighted by molar-refractivity contribution is 5.85. The van der Waals surface area contributed by atoms with Gasteiger partial charge in [0.25, 0.3) is 0 Å². The molecule has 1 aromatic rings. The van der Waals surface area contributed by atoms with Crippen molar-refractivity contribution < 1.29 is 4.79 Å². The molecule has 2 unspecified atom stereocenters. The number of carbonyl (C=O) groups excluding carboxylic acids is 1. The molecule has 1 aromatic carbocycles. The maximum absolute atomic E-state index is 12.1. The first-order valence-electron chi connectivity index (χ1n) is 7.26. The molecule has 1 aliphatic rings. The standard InChI is InChI=1S/C16H24N2O.ClH/c1-12(13-7-3-2-4-8-13)18-16(19)11-14-9-5-6-10-15(14)17;/h2-4,7-8,12,14-15H,5-6,9-11,17H2,1H3,(H,18,19);1H/t12-,14?,15?;/m1./s1. The van der Waals surface area contributed by atoms with Gasteiger partial charge >= 0.3 is 0 Å². The molecule has 3 nitrogen and oxygen atoms in total. The van der Waals surface area contributed by atoms with E-state index in [2.05, 4.69) is 5.32 Å². The number of carbonyl (C=O) groups is 1. The van der Waals surface area contributed by atoms with Crippen molar-refractivity contribution in [2.45, 2.75) is 51.1 Å². The second kappa shape index (κ2) is 8.28. The van der Waals surface area contributed by atoms with Crippen LogP contribution in [0.1, 0.15) is 50.6 Å². The summed E-state index contributed by atoms with van der Waals surface area (Å²) in [6, 6.07) is 10.3. The summed E-state index contributed by atoms with van der Waals surface area (Å²) in [6.45, 7) is 2.02. The van der Waals surface area contributed by atoms with Crippen molar-refractivity contribution >= 4 is 18.3 Å². The van der Waals surface area contributed by atoms with Crippen LogP contribution in [0, 0.1) is 5.92 Å². The Morgan fingerprint density at radius 1 is 1.30 bits per heavy atom. The van der Waals surface area contributed by atoms with E-state index in [1.165, 1.54) is 12.8 Å². The third kappa shape index (κ3) is 4.80. The molecule has 0 radical (unpaired) electrons. The van der Waals surface area contributed by atoms with Gasteiger partial charge in [-0.05, 0) is 31.2 Å². The van der Waals surface area contributed by atoms with E-state index in [9.17, 15) is 4.79 Å². The third-order valence-electron chi connectivity index (χ3n) is 4.09. The van der Waals surface area contributed by atoms with Crippen LogP contribution in [0.25, 0.3) is 0 Å². The molecule has 1 saturated carbocycles. The first-order chi connectivity index (χ1) is 9.16. The van der Waals surface area contributed by atoms with Gasteiger partial charge in [-0.15, -0.1) is 12.4 Å². The van der Waals surface area contributed by atoms with E-state index < -0.39 is 0 Å². The fourth-order valence-electron chi connectivity index (χ4n) is 2.85. The Balaban J connectivity index is 0.00000200. The van der Waals surface area contributed by atoms with Crippen molar-refractivity contribution in [3.8, 4) is 0 Å². The average molecular weight is 297 g/mol. The van der Waals surface area contributed by atoms with Crippen LogP contribution >= 0.6 is 12.4 Å². The first-order valence-corrected chi connectivity index (χ1v) is 7.26. The minimum Gasteiger partial charge on any atom is -0.350 e. The number of halogens is 1. The van der Waals surface area contributed by atoms with Gasteiger partial charge in [-0.1, -0.05) is 43.2 Å². The van der Waals surface area contributed by atoms with Gasteiger partial charge in [0.2, 0.25) is 5.91 Å². The highest BCUT2D eigenvalue weighted by Crippen LogP contribution is 2.25. The monoisotopic (exact) mass is 296 g/mol. The van der Waals surface area contributed by atoms with Crippen molar-refractivity contribution in [1.29, 1.82) is 0 Å². The summed E-state index contributed by atoms with van der Waals surface area (Å²) in [5.41, 5.74) is 7.23. The molecule has 0 spiro atoms. The van der Waals surface area contributed by atoms with Gasteiger partial charge in [-0.25, -0.2) is 0 Å². The normalized spacial score (nSPS) is 23.5. The van der Waals surface area contributed by atoms with E-state index in [4.69, 9.17) is 5.73 Å². The molecule has 0 bridgehead atoms. The Morgan fingerprint density at radius 3 is 2.60 bits per heavy atom. The Hall–Kier alpha value is -1.06. The lowest BCUT2D eigenvalue weighted by molar-refractivity contribution is -0.123. The van der Waals surface area contributed by atoms with Gasteiger partial charge in [0.1, 0.15) is 0 Å². The molecule has 3 atom stereocenters. The van der Waals surface area contributed by atoms with Crippen molar-refractivity contribution in [3.05, 3.63) is 35.9 Å². The zero-order valence-electron chi connectivity index (χ0n) is 12.0. The molecule has 112 valence electrons. The SMILES string of the molecule is C[C@@H](NC(=O)CC1CCCCC1N)c1ccccc1.Cl. The molecule has 0 heterocycles. The molecule has 3 N–H and O–H groups in total. The lowest BCUT2D eigenvalue weighted by Gasteiger charge is -2.28. The van der Waals surface area contributed by atoms with Crippen LogP contribution in [0.3, 0.4) is 0 Å². The fraction of sp³-hybridized carbons (Fsp3) is 0.562. The van der Waals surface area contributed by atoms with Crippen LogP contribution in [0.4, 0.5) is 0 Å². The van der Waals surface area contributed by atoms with Crippen molar-refractivity contribution in [2.24, 2.45) is 11.7 Å². The molecule has 20 heavy (non-hydrogen) atoms. The van der Waals surface area contributed by atoms with Crippen LogP contribution in [0.2, 0.25) is 0 Å². The van der Waals surface area contributed by atoms with E-state index in [1.54, 1.807) is 0 Å². The molecule has 2 rings (SSSR count). The van der Waals surface area contributed by atoms with Crippen LogP contribution in [0.15, 0.2) is 30.3 Å². The summed E-state index contributed by atoms with van der Waals surface area (Å²) in [6.07, 6.45) is 5.14. The van der Waals surface area contributed by atoms with E-state index in [1.807, 2.05) is 37.3 Å². The summed E-state index contributed by atoms with van der Waals surface area (Å²) in [5, 5.41) is 3.07. The third-order valence-corrected chi connectivity index (χ3v) is 4.09. The maximum Gasteiger partial charge on any atom is 0.220 e. The minimum atomic E-state index is 0. The number of benzene rings is 1. The summed E-state index contributed by atoms with van der Waals surface area (Å²) >= 11 is 0. The number of nitrogens with two attached hydrogens (primary N) is 1. The van der Waals surface area contributed by atoms with E-state index in [-0.39, 0.29) is 30.4 Å². The Morgan fingerprint density at radius 2 is 1.95 bits per heavy atom. The van der Waals surface area contributed by atoms with Crippen LogP contribution in [0.5, 0.6) is 0 Å². The van der Waals surface area contributed by atoms with Crippen molar-refractivity contribution in [1.82, 2.24) is 5.32 Å². The highest BCUT2D eigenvalue weighted by Gasteiger charge is 2.24. The lowest BCUT2D eigenvalue weighted by atomic mass is 9.83. The Labute approximate surface area is 127 Å². The van der Waals surface area contributed by atoms with Crippen LogP contribution in [-0.2, 0) is 4.79 Å². The second-order valence-electron chi connectivity index (χ2n) is 5.61. The van der Waals surface area contributed by atoms with E-state index >= 15 is 0 Å². The summed E-state index contributed by atoms with van der Waals surface area (Å²) in [7, 11) is 0. The van der Waals surface area contributed by atoms with Gasteiger partial charge in [0, 0.05) is 12.5 Å². The number of hydrogen-bond acceptors (Lipinski definition) is 2. The summed E-state index contributed by atoms with van der Waals surface area (Å²) in [5.74, 6) is 0.482. The van der Waals surface area contributed by atoms with Crippen molar-refractivity contribution in [3.63, 3.8) is 0 Å². The molecule has 0 aliphatic heterocycles. The molecule has 1 fully saturated rings. The predicted octanol–water partition coefficient (Wildman–Crippen LogP) is 3.19. The Bertz CT molecular complexity index is 410. The van der Waals surface area contributed by atoms with Crippen molar-refractivity contribution in [2.75, 3.05) is 0 Å². The predicted molar refractivity (Wildman–Crippen MR) is 84.8 cm³/mol. The molecular formula is C16H25ClN2O. The zero-order chi connectivity index (χ0) is 13.7. The van der Waals surface area contributed by atoms with Gasteiger partial charge in [0.05, 0.1) is 6.04 Å². The van der Waals surface area contributed by atoms with E-state index in [0.29, 0.717) is 12.3 Å². The summed E-state index contributed by atoms with van der Waals surface area (Å²) in [4.78, 5) is 12.1. The first kappa shape index (κ1) is 17.0. The summed E-state index contributed by atoms with van der Waals surface area (Å²) < 4.78 is 0. The van der Waals surface area contributed by atoms with E-state index in [0.717, 1.165) is 18.4 Å². The minimum absolute atomic E-state index is 0. The molecule has 4 heteroatoms. The topological polar surface area (TPSA) is 55.1 Å². The molecule has 0 aromatic heterocycles. The second-order valence-corrected chi connectivity index (χ2v) is 5.61. The van der Waals surface area contributed by atoms with Crippen LogP contribution in [-0.4, -0.2) is 11.9 Å². The lowest BCUT2D eigenvalue weighted by Crippen LogP contribution is -2.37. The van der Waals surface area contributed by atoms with Gasteiger partial charge in [-0.2, -0.15) is 0 Å². The zero-order valence-corrected chi connectivity index (χ0v) is 12.9. The van der Waals surface area contributed by atoms with Gasteiger partial charge in [-0.3, -0.25) is 4.79 Å². The van der Waals surface area contributed by atoms with Gasteiger partial charge in [0.15, 0.2) is 0 Å². The molecular weight excluding hydrogens is 272 g/mol. The number of rotatable bonds is 4. The maximum atomic E-state index is 12.1. The fourth-order valence-corrected chi connectivity index (χ4v) is 2.85. The molecule has 1 aliphatic carbocycles. The largest absolute Gasteiger partial charge is 0.350 e. The Kier molecular flexibility index (Phi) is 7.03. The number of amides is 1.